The quantitative estimate of drug-likeness (QED) is 0.729. The lowest BCUT2D eigenvalue weighted by Gasteiger charge is -1.94. The highest BCUT2D eigenvalue weighted by molar-refractivity contribution is 5.73. The van der Waals surface area contributed by atoms with Gasteiger partial charge in [-0.1, -0.05) is 30.3 Å². The van der Waals surface area contributed by atoms with Crippen molar-refractivity contribution in [1.29, 1.82) is 5.26 Å². The normalized spacial score (nSPS) is 11.2. The zero-order valence-corrected chi connectivity index (χ0v) is 11.4. The first-order chi connectivity index (χ1) is 10.8. The Hall–Kier alpha value is -3.26. The summed E-state index contributed by atoms with van der Waals surface area (Å²) >= 11 is 0. The van der Waals surface area contributed by atoms with Gasteiger partial charge in [-0.3, -0.25) is 0 Å². The molecule has 4 nitrogen and oxygen atoms in total. The topological polar surface area (TPSA) is 62.7 Å². The van der Waals surface area contributed by atoms with Crippen molar-refractivity contribution in [3.63, 3.8) is 0 Å². The highest BCUT2D eigenvalue weighted by Gasteiger charge is 2.12. The number of halogens is 1. The van der Waals surface area contributed by atoms with Crippen LogP contribution < -0.4 is 0 Å². The second-order valence-corrected chi connectivity index (χ2v) is 4.50. The standard InChI is InChI=1S/C17H10FN3O/c18-15(10-12-6-8-13(11-19)9-7-12)17-21-20-16(22-17)14-4-2-1-3-5-14/h1-10H/b15-10+. The lowest BCUT2D eigenvalue weighted by molar-refractivity contribution is 0.531. The van der Waals surface area contributed by atoms with Crippen molar-refractivity contribution >= 4 is 11.9 Å². The van der Waals surface area contributed by atoms with E-state index in [1.807, 2.05) is 24.3 Å². The molecule has 0 saturated heterocycles. The van der Waals surface area contributed by atoms with Crippen molar-refractivity contribution in [3.8, 4) is 17.5 Å². The van der Waals surface area contributed by atoms with Crippen LogP contribution in [-0.2, 0) is 0 Å². The fourth-order valence-electron chi connectivity index (χ4n) is 1.88. The maximum Gasteiger partial charge on any atom is 0.276 e. The summed E-state index contributed by atoms with van der Waals surface area (Å²) in [5, 5.41) is 16.3. The highest BCUT2D eigenvalue weighted by Crippen LogP contribution is 2.23. The minimum absolute atomic E-state index is 0.178. The van der Waals surface area contributed by atoms with Gasteiger partial charge in [0.2, 0.25) is 5.89 Å². The van der Waals surface area contributed by atoms with Crippen LogP contribution in [0.5, 0.6) is 0 Å². The molecule has 0 saturated carbocycles. The van der Waals surface area contributed by atoms with E-state index in [9.17, 15) is 4.39 Å². The Bertz CT molecular complexity index is 846. The van der Waals surface area contributed by atoms with E-state index >= 15 is 0 Å². The molecule has 2 aromatic carbocycles. The minimum Gasteiger partial charge on any atom is -0.414 e. The van der Waals surface area contributed by atoms with Crippen LogP contribution in [0, 0.1) is 11.3 Å². The van der Waals surface area contributed by atoms with E-state index < -0.39 is 5.83 Å². The second-order valence-electron chi connectivity index (χ2n) is 4.50. The molecular weight excluding hydrogens is 281 g/mol. The summed E-state index contributed by atoms with van der Waals surface area (Å²) in [6.07, 6.45) is 1.28. The van der Waals surface area contributed by atoms with Crippen molar-refractivity contribution in [2.45, 2.75) is 0 Å². The van der Waals surface area contributed by atoms with Gasteiger partial charge in [0.1, 0.15) is 0 Å². The van der Waals surface area contributed by atoms with Crippen LogP contribution in [0.15, 0.2) is 59.0 Å². The molecule has 0 fully saturated rings. The predicted octanol–water partition coefficient (Wildman–Crippen LogP) is 4.08. The zero-order valence-electron chi connectivity index (χ0n) is 11.4. The van der Waals surface area contributed by atoms with Crippen LogP contribution in [0.1, 0.15) is 17.0 Å². The largest absolute Gasteiger partial charge is 0.414 e. The Morgan fingerprint density at radius 2 is 1.77 bits per heavy atom. The molecule has 0 aliphatic rings. The van der Waals surface area contributed by atoms with E-state index in [1.54, 1.807) is 36.4 Å². The van der Waals surface area contributed by atoms with Crippen LogP contribution in [0.2, 0.25) is 0 Å². The van der Waals surface area contributed by atoms with E-state index in [0.717, 1.165) is 5.56 Å². The first-order valence-corrected chi connectivity index (χ1v) is 6.53. The molecule has 0 radical (unpaired) electrons. The van der Waals surface area contributed by atoms with Gasteiger partial charge in [-0.25, -0.2) is 4.39 Å². The Morgan fingerprint density at radius 1 is 1.05 bits per heavy atom. The number of hydrogen-bond donors (Lipinski definition) is 0. The lowest BCUT2D eigenvalue weighted by Crippen LogP contribution is -1.80. The summed E-state index contributed by atoms with van der Waals surface area (Å²) in [5.74, 6) is -0.540. The van der Waals surface area contributed by atoms with Crippen LogP contribution in [0.3, 0.4) is 0 Å². The molecule has 0 aliphatic heterocycles. The monoisotopic (exact) mass is 291 g/mol. The Morgan fingerprint density at radius 3 is 2.45 bits per heavy atom. The molecule has 5 heteroatoms. The van der Waals surface area contributed by atoms with E-state index in [-0.39, 0.29) is 11.8 Å². The summed E-state index contributed by atoms with van der Waals surface area (Å²) in [4.78, 5) is 0. The molecular formula is C17H10FN3O. The number of aromatic nitrogens is 2. The van der Waals surface area contributed by atoms with E-state index in [4.69, 9.17) is 9.68 Å². The van der Waals surface area contributed by atoms with E-state index in [1.165, 1.54) is 6.08 Å². The predicted molar refractivity (Wildman–Crippen MR) is 79.9 cm³/mol. The van der Waals surface area contributed by atoms with Crippen molar-refractivity contribution in [1.82, 2.24) is 10.2 Å². The van der Waals surface area contributed by atoms with Gasteiger partial charge in [-0.15, -0.1) is 10.2 Å². The van der Waals surface area contributed by atoms with Gasteiger partial charge in [0.05, 0.1) is 11.6 Å². The minimum atomic E-state index is -0.626. The van der Waals surface area contributed by atoms with Gasteiger partial charge in [-0.05, 0) is 35.9 Å². The maximum atomic E-state index is 14.1. The second kappa shape index (κ2) is 6.02. The molecule has 0 N–H and O–H groups in total. The molecule has 3 rings (SSSR count). The number of benzene rings is 2. The summed E-state index contributed by atoms with van der Waals surface area (Å²) in [5.41, 5.74) is 1.85. The number of hydrogen-bond acceptors (Lipinski definition) is 4. The van der Waals surface area contributed by atoms with E-state index in [0.29, 0.717) is 11.1 Å². The third kappa shape index (κ3) is 2.91. The third-order valence-electron chi connectivity index (χ3n) is 2.98. The Kier molecular flexibility index (Phi) is 3.75. The molecule has 106 valence electrons. The fraction of sp³-hybridized carbons (Fsp3) is 0. The third-order valence-corrected chi connectivity index (χ3v) is 2.98. The summed E-state index contributed by atoms with van der Waals surface area (Å²) in [6, 6.07) is 17.7. The first kappa shape index (κ1) is 13.7. The smallest absolute Gasteiger partial charge is 0.276 e. The average Bonchev–Trinajstić information content (AvgIpc) is 3.06. The lowest BCUT2D eigenvalue weighted by atomic mass is 10.1. The van der Waals surface area contributed by atoms with Crippen LogP contribution in [0.4, 0.5) is 4.39 Å². The van der Waals surface area contributed by atoms with Crippen molar-refractivity contribution in [3.05, 3.63) is 71.6 Å². The molecule has 0 unspecified atom stereocenters. The number of rotatable bonds is 3. The SMILES string of the molecule is N#Cc1ccc(/C=C(/F)c2nnc(-c3ccccc3)o2)cc1. The molecule has 22 heavy (non-hydrogen) atoms. The van der Waals surface area contributed by atoms with Crippen molar-refractivity contribution in [2.24, 2.45) is 0 Å². The molecule has 0 spiro atoms. The van der Waals surface area contributed by atoms with Crippen LogP contribution >= 0.6 is 0 Å². The Labute approximate surface area is 126 Å². The van der Waals surface area contributed by atoms with Crippen LogP contribution in [-0.4, -0.2) is 10.2 Å². The summed E-state index contributed by atoms with van der Waals surface area (Å²) in [7, 11) is 0. The van der Waals surface area contributed by atoms with Gasteiger partial charge in [0.15, 0.2) is 5.83 Å². The number of nitriles is 1. The summed E-state index contributed by atoms with van der Waals surface area (Å²) in [6.45, 7) is 0. The molecule has 1 heterocycles. The summed E-state index contributed by atoms with van der Waals surface area (Å²) < 4.78 is 19.5. The molecule has 0 bridgehead atoms. The molecule has 0 amide bonds. The first-order valence-electron chi connectivity index (χ1n) is 6.53. The molecule has 3 aromatic rings. The fourth-order valence-corrected chi connectivity index (χ4v) is 1.88. The van der Waals surface area contributed by atoms with Gasteiger partial charge in [0, 0.05) is 5.56 Å². The van der Waals surface area contributed by atoms with E-state index in [2.05, 4.69) is 10.2 Å². The van der Waals surface area contributed by atoms with Gasteiger partial charge >= 0.3 is 0 Å². The number of nitrogens with zero attached hydrogens (tertiary/aromatic N) is 3. The maximum absolute atomic E-state index is 14.1. The van der Waals surface area contributed by atoms with Crippen molar-refractivity contribution in [2.75, 3.05) is 0 Å². The zero-order chi connectivity index (χ0) is 15.4. The van der Waals surface area contributed by atoms with Crippen molar-refractivity contribution < 1.29 is 8.81 Å². The van der Waals surface area contributed by atoms with Gasteiger partial charge < -0.3 is 4.42 Å². The molecule has 0 atom stereocenters. The van der Waals surface area contributed by atoms with Gasteiger partial charge in [-0.2, -0.15) is 5.26 Å². The molecule has 1 aromatic heterocycles. The highest BCUT2D eigenvalue weighted by atomic mass is 19.1. The Balaban J connectivity index is 1.86. The van der Waals surface area contributed by atoms with Crippen LogP contribution in [0.25, 0.3) is 23.4 Å². The molecule has 0 aliphatic carbocycles. The average molecular weight is 291 g/mol. The van der Waals surface area contributed by atoms with Gasteiger partial charge in [0.25, 0.3) is 5.89 Å².